The molecule has 0 bridgehead atoms. The van der Waals surface area contributed by atoms with Crippen molar-refractivity contribution in [3.63, 3.8) is 0 Å². The summed E-state index contributed by atoms with van der Waals surface area (Å²) >= 11 is 0. The smallest absolute Gasteiger partial charge is 0.326 e. The first-order valence-electron chi connectivity index (χ1n) is 20.9. The number of nitrogens with two attached hydrogens (primary N) is 1. The molecular formula is C40H66N10O8Si. The summed E-state index contributed by atoms with van der Waals surface area (Å²) in [4.78, 5) is 76.0. The fourth-order valence-corrected chi connectivity index (χ4v) is 10.0. The summed E-state index contributed by atoms with van der Waals surface area (Å²) in [6.45, 7) is 12.4. The third-order valence-electron chi connectivity index (χ3n) is 10.1. The average Bonchev–Trinajstić information content (AvgIpc) is 3.22. The van der Waals surface area contributed by atoms with Gasteiger partial charge in [-0.15, -0.1) is 0 Å². The normalized spacial score (nSPS) is 13.9. The number of carboxylic acids is 1. The minimum atomic E-state index is -2.03. The highest BCUT2D eigenvalue weighted by Gasteiger charge is 2.31. The number of aromatic nitrogens is 4. The van der Waals surface area contributed by atoms with Crippen LogP contribution in [0.1, 0.15) is 77.8 Å². The van der Waals surface area contributed by atoms with E-state index in [9.17, 15) is 29.1 Å². The molecule has 0 unspecified atom stereocenters. The van der Waals surface area contributed by atoms with Crippen LogP contribution in [-0.2, 0) is 30.4 Å². The van der Waals surface area contributed by atoms with Gasteiger partial charge in [0.15, 0.2) is 19.5 Å². The van der Waals surface area contributed by atoms with E-state index in [-0.39, 0.29) is 61.5 Å². The van der Waals surface area contributed by atoms with Gasteiger partial charge in [0.2, 0.25) is 17.8 Å². The molecule has 3 heterocycles. The number of anilines is 3. The average molecular weight is 843 g/mol. The van der Waals surface area contributed by atoms with E-state index < -0.39 is 25.9 Å². The van der Waals surface area contributed by atoms with Gasteiger partial charge >= 0.3 is 5.97 Å². The number of nitrogens with zero attached hydrogens (tertiary/aromatic N) is 4. The second-order valence-corrected chi connectivity index (χ2v) is 18.5. The zero-order valence-corrected chi connectivity index (χ0v) is 36.0. The molecule has 2 aromatic heterocycles. The van der Waals surface area contributed by atoms with Crippen LogP contribution in [0.15, 0.2) is 35.3 Å². The molecule has 19 heteroatoms. The van der Waals surface area contributed by atoms with Gasteiger partial charge in [0, 0.05) is 37.3 Å². The molecule has 0 spiro atoms. The fourth-order valence-electron chi connectivity index (χ4n) is 6.56. The lowest BCUT2D eigenvalue weighted by molar-refractivity contribution is -0.138. The zero-order valence-electron chi connectivity index (χ0n) is 35.0. The number of H-pyrrole nitrogens is 1. The predicted octanol–water partition coefficient (Wildman–Crippen LogP) is 3.46. The Kier molecular flexibility index (Phi) is 22.4. The van der Waals surface area contributed by atoms with Gasteiger partial charge < -0.3 is 51.3 Å². The zero-order chi connectivity index (χ0) is 42.9. The summed E-state index contributed by atoms with van der Waals surface area (Å²) < 4.78 is 11.0. The lowest BCUT2D eigenvalue weighted by Crippen LogP contribution is -2.36. The number of fused-ring (bicyclic) bond motifs is 1. The fraction of sp³-hybridized carbons (Fsp3) is 0.625. The number of rotatable bonds is 26. The van der Waals surface area contributed by atoms with Gasteiger partial charge in [-0.3, -0.25) is 19.4 Å². The Morgan fingerprint density at radius 2 is 1.49 bits per heavy atom. The summed E-state index contributed by atoms with van der Waals surface area (Å²) in [6.07, 6.45) is 7.29. The number of aromatic amines is 1. The lowest BCUT2D eigenvalue weighted by atomic mass is 10.1. The van der Waals surface area contributed by atoms with Crippen LogP contribution >= 0.6 is 0 Å². The van der Waals surface area contributed by atoms with Crippen LogP contribution in [-0.4, -0.2) is 126 Å². The molecule has 0 aliphatic carbocycles. The number of ether oxygens (including phenoxy) is 2. The van der Waals surface area contributed by atoms with Gasteiger partial charge in [0.25, 0.3) is 5.56 Å². The van der Waals surface area contributed by atoms with Gasteiger partial charge in [0.1, 0.15) is 6.04 Å². The Morgan fingerprint density at radius 1 is 0.881 bits per heavy atom. The Morgan fingerprint density at radius 3 is 2.08 bits per heavy atom. The maximum atomic E-state index is 12.3. The molecule has 9 N–H and O–H groups in total. The van der Waals surface area contributed by atoms with Crippen LogP contribution in [0.3, 0.4) is 0 Å². The van der Waals surface area contributed by atoms with E-state index in [1.165, 1.54) is 32.3 Å². The summed E-state index contributed by atoms with van der Waals surface area (Å²) in [5.41, 5.74) is 7.12. The highest BCUT2D eigenvalue weighted by atomic mass is 28.4. The lowest BCUT2D eigenvalue weighted by Gasteiger charge is -2.29. The van der Waals surface area contributed by atoms with E-state index in [0.717, 1.165) is 49.5 Å². The van der Waals surface area contributed by atoms with Crippen molar-refractivity contribution in [2.45, 2.75) is 103 Å². The van der Waals surface area contributed by atoms with Gasteiger partial charge in [-0.2, -0.15) is 4.98 Å². The Hall–Kier alpha value is -4.69. The number of nitrogen functional groups attached to an aromatic ring is 1. The first-order valence-corrected chi connectivity index (χ1v) is 23.5. The van der Waals surface area contributed by atoms with E-state index in [0.29, 0.717) is 44.2 Å². The van der Waals surface area contributed by atoms with Gasteiger partial charge in [0.05, 0.1) is 44.9 Å². The van der Waals surface area contributed by atoms with Crippen LogP contribution in [0, 0.1) is 0 Å². The first kappa shape index (κ1) is 48.7. The topological polar surface area (TPSA) is 259 Å². The highest BCUT2D eigenvalue weighted by Crippen LogP contribution is 2.30. The molecule has 1 aliphatic heterocycles. The van der Waals surface area contributed by atoms with Crippen molar-refractivity contribution in [3.8, 4) is 0 Å². The third-order valence-corrected chi connectivity index (χ3v) is 13.9. The predicted molar refractivity (Wildman–Crippen MR) is 232 cm³/mol. The molecule has 2 amide bonds. The minimum absolute atomic E-state index is 0.00175. The minimum Gasteiger partial charge on any atom is -0.480 e. The van der Waals surface area contributed by atoms with Crippen molar-refractivity contribution in [2.24, 2.45) is 0 Å². The molecule has 1 atom stereocenters. The summed E-state index contributed by atoms with van der Waals surface area (Å²) in [6, 6.07) is 8.90. The number of hydrogen-bond donors (Lipinski definition) is 8. The van der Waals surface area contributed by atoms with Gasteiger partial charge in [-0.1, -0.05) is 46.5 Å². The molecule has 59 heavy (non-hydrogen) atoms. The van der Waals surface area contributed by atoms with Crippen LogP contribution in [0.4, 0.5) is 17.3 Å². The van der Waals surface area contributed by atoms with Crippen LogP contribution in [0.25, 0.3) is 11.2 Å². The van der Waals surface area contributed by atoms with Crippen molar-refractivity contribution in [1.82, 2.24) is 35.5 Å². The number of carbonyl (C=O) groups excluding carboxylic acids is 2. The molecule has 3 aromatic rings. The number of benzene rings is 1. The van der Waals surface area contributed by atoms with Crippen molar-refractivity contribution >= 4 is 54.6 Å². The van der Waals surface area contributed by atoms with Crippen molar-refractivity contribution < 1.29 is 33.8 Å². The number of amides is 2. The Bertz CT molecular complexity index is 1750. The molecular weight excluding hydrogens is 777 g/mol. The number of carboxylic acid groups (broad SMARTS) is 1. The van der Waals surface area contributed by atoms with E-state index in [4.69, 9.17) is 15.2 Å². The second kappa shape index (κ2) is 27.1. The number of unbranched alkanes of at least 4 members (excludes halogenated alkanes) is 1. The number of nitrogens with one attached hydrogen (secondary N) is 5. The van der Waals surface area contributed by atoms with E-state index in [1.807, 2.05) is 0 Å². The largest absolute Gasteiger partial charge is 0.480 e. The standard InChI is InChI=1S/C34H51N9O8Si.C6H15N/c35-34-42-31-30(32(46)43-34)41-26(23-39-31)22-38-24-7-9-25(10-8-24)40-27(33(47)48)11-12-29(45)37-14-16-51-18-17-50-15-13-36-28(44)6-2-5-21-52(49)19-3-1-4-20-52;1-4-7(5-2)6-3/h7-10,23,27,38,40,49H,1-6,11-22H2,(H,36,44)(H,37,45)(H,47,48)(H3,35,39,42,43,46);4-6H2,1-3H3/t27-;/m0./s1. The molecule has 0 radical (unpaired) electrons. The molecule has 4 rings (SSSR count). The quantitative estimate of drug-likeness (QED) is 0.0425. The second-order valence-electron chi connectivity index (χ2n) is 14.5. The first-order chi connectivity index (χ1) is 28.4. The monoisotopic (exact) mass is 842 g/mol. The molecule has 18 nitrogen and oxygen atoms in total. The van der Waals surface area contributed by atoms with E-state index in [2.05, 4.69) is 66.9 Å². The van der Waals surface area contributed by atoms with Crippen LogP contribution in [0.5, 0.6) is 0 Å². The number of carbonyl (C=O) groups is 3. The molecule has 1 aromatic carbocycles. The van der Waals surface area contributed by atoms with Gasteiger partial charge in [-0.05, 0) is 74.9 Å². The van der Waals surface area contributed by atoms with Crippen LogP contribution in [0.2, 0.25) is 18.1 Å². The van der Waals surface area contributed by atoms with Crippen molar-refractivity contribution in [3.05, 3.63) is 46.5 Å². The summed E-state index contributed by atoms with van der Waals surface area (Å²) in [7, 11) is -2.03. The molecule has 1 fully saturated rings. The molecule has 1 aliphatic rings. The Balaban J connectivity index is 0.00000122. The third kappa shape index (κ3) is 19.3. The highest BCUT2D eigenvalue weighted by molar-refractivity contribution is 6.72. The van der Waals surface area contributed by atoms with E-state index >= 15 is 0 Å². The SMILES string of the molecule is CCN(CC)CC.Nc1nc2ncc(CNc3ccc(N[C@@H](CCC(=O)NCCOCCOCCNC(=O)CCCC[Si]4(O)CCCCC4)C(=O)O)cc3)nc2c(=O)[nH]1. The molecule has 328 valence electrons. The van der Waals surface area contributed by atoms with Crippen molar-refractivity contribution in [2.75, 3.05) is 75.5 Å². The van der Waals surface area contributed by atoms with Crippen molar-refractivity contribution in [1.29, 1.82) is 0 Å². The van der Waals surface area contributed by atoms with Gasteiger partial charge in [-0.25, -0.2) is 14.8 Å². The van der Waals surface area contributed by atoms with Crippen LogP contribution < -0.4 is 32.6 Å². The summed E-state index contributed by atoms with van der Waals surface area (Å²) in [5, 5.41) is 21.4. The number of hydrogen-bond acceptors (Lipinski definition) is 14. The van der Waals surface area contributed by atoms with E-state index in [1.54, 1.807) is 24.3 Å². The molecule has 0 saturated carbocycles. The summed E-state index contributed by atoms with van der Waals surface area (Å²) in [5.74, 6) is -1.40. The number of aliphatic carboxylic acids is 1. The maximum absolute atomic E-state index is 12.3. The molecule has 1 saturated heterocycles. The Labute approximate surface area is 348 Å². The maximum Gasteiger partial charge on any atom is 0.326 e.